The number of benzene rings is 2. The highest BCUT2D eigenvalue weighted by Crippen LogP contribution is 2.41. The summed E-state index contributed by atoms with van der Waals surface area (Å²) in [5.41, 5.74) is 1.65. The van der Waals surface area contributed by atoms with Gasteiger partial charge in [0.2, 0.25) is 0 Å². The first-order chi connectivity index (χ1) is 13.7. The van der Waals surface area contributed by atoms with Gasteiger partial charge in [0.05, 0.1) is 24.0 Å². The van der Waals surface area contributed by atoms with E-state index in [4.69, 9.17) is 11.6 Å². The Balaban J connectivity index is 1.67. The van der Waals surface area contributed by atoms with Crippen LogP contribution in [-0.4, -0.2) is 42.3 Å². The van der Waals surface area contributed by atoms with Gasteiger partial charge in [0.1, 0.15) is 5.82 Å². The van der Waals surface area contributed by atoms with Crippen LogP contribution < -0.4 is 4.90 Å². The fourth-order valence-electron chi connectivity index (χ4n) is 3.55. The SMILES string of the molecule is Cc1ccc(N2C(=NC(=O)Cc3ccccc3Cl)S[C@H]3CS(=O)(=O)C[C@@H]32)cc1F. The summed E-state index contributed by atoms with van der Waals surface area (Å²) in [4.78, 5) is 18.5. The number of hydrogen-bond acceptors (Lipinski definition) is 4. The van der Waals surface area contributed by atoms with Gasteiger partial charge in [0.15, 0.2) is 15.0 Å². The minimum atomic E-state index is -3.18. The van der Waals surface area contributed by atoms with Crippen molar-refractivity contribution in [2.24, 2.45) is 4.99 Å². The minimum absolute atomic E-state index is 0.0188. The zero-order valence-electron chi connectivity index (χ0n) is 15.5. The van der Waals surface area contributed by atoms with Gasteiger partial charge in [-0.2, -0.15) is 4.99 Å². The molecule has 0 aromatic heterocycles. The maximum absolute atomic E-state index is 14.2. The van der Waals surface area contributed by atoms with E-state index in [0.717, 1.165) is 0 Å². The number of amides is 1. The van der Waals surface area contributed by atoms with Crippen molar-refractivity contribution in [3.05, 3.63) is 64.4 Å². The van der Waals surface area contributed by atoms with Gasteiger partial charge < -0.3 is 4.90 Å². The molecule has 9 heteroatoms. The Labute approximate surface area is 177 Å². The highest BCUT2D eigenvalue weighted by molar-refractivity contribution is 8.16. The van der Waals surface area contributed by atoms with Crippen LogP contribution in [0.5, 0.6) is 0 Å². The molecule has 0 radical (unpaired) electrons. The summed E-state index contributed by atoms with van der Waals surface area (Å²) in [5, 5.41) is 0.645. The van der Waals surface area contributed by atoms with Crippen LogP contribution in [0.15, 0.2) is 47.5 Å². The van der Waals surface area contributed by atoms with Crippen LogP contribution in [0.4, 0.5) is 10.1 Å². The Morgan fingerprint density at radius 3 is 2.76 bits per heavy atom. The summed E-state index contributed by atoms with van der Waals surface area (Å²) >= 11 is 7.39. The second-order valence-electron chi connectivity index (χ2n) is 7.16. The highest BCUT2D eigenvalue weighted by atomic mass is 35.5. The Morgan fingerprint density at radius 1 is 1.28 bits per heavy atom. The fraction of sp³-hybridized carbons (Fsp3) is 0.300. The molecule has 0 spiro atoms. The van der Waals surface area contributed by atoms with Crippen LogP contribution in [0.2, 0.25) is 5.02 Å². The Bertz CT molecular complexity index is 1120. The van der Waals surface area contributed by atoms with Crippen LogP contribution >= 0.6 is 23.4 Å². The summed E-state index contributed by atoms with van der Waals surface area (Å²) in [6, 6.07) is 11.4. The molecule has 2 fully saturated rings. The molecular weight excluding hydrogens is 435 g/mol. The van der Waals surface area contributed by atoms with Gasteiger partial charge in [-0.1, -0.05) is 47.6 Å². The summed E-state index contributed by atoms with van der Waals surface area (Å²) in [6.07, 6.45) is 0.0352. The number of nitrogens with zero attached hydrogens (tertiary/aromatic N) is 2. The predicted octanol–water partition coefficient (Wildman–Crippen LogP) is 3.63. The molecule has 0 saturated carbocycles. The van der Waals surface area contributed by atoms with Crippen molar-refractivity contribution in [1.29, 1.82) is 0 Å². The van der Waals surface area contributed by atoms with Crippen molar-refractivity contribution in [2.75, 3.05) is 16.4 Å². The normalized spacial score (nSPS) is 24.1. The largest absolute Gasteiger partial charge is 0.315 e. The molecule has 2 saturated heterocycles. The van der Waals surface area contributed by atoms with Gasteiger partial charge in [-0.05, 0) is 36.2 Å². The monoisotopic (exact) mass is 452 g/mol. The second-order valence-corrected chi connectivity index (χ2v) is 10.9. The third kappa shape index (κ3) is 4.20. The number of amidine groups is 1. The summed E-state index contributed by atoms with van der Waals surface area (Å²) in [7, 11) is -3.18. The van der Waals surface area contributed by atoms with E-state index in [1.165, 1.54) is 17.8 Å². The van der Waals surface area contributed by atoms with Gasteiger partial charge >= 0.3 is 0 Å². The summed E-state index contributed by atoms with van der Waals surface area (Å²) in [5.74, 6) is -0.803. The lowest BCUT2D eigenvalue weighted by molar-refractivity contribution is -0.117. The summed E-state index contributed by atoms with van der Waals surface area (Å²) in [6.45, 7) is 1.66. The number of carbonyl (C=O) groups excluding carboxylic acids is 1. The van der Waals surface area contributed by atoms with E-state index in [1.54, 1.807) is 48.2 Å². The first-order valence-electron chi connectivity index (χ1n) is 9.01. The van der Waals surface area contributed by atoms with Crippen molar-refractivity contribution in [3.8, 4) is 0 Å². The maximum Gasteiger partial charge on any atom is 0.252 e. The topological polar surface area (TPSA) is 66.8 Å². The molecule has 2 aliphatic rings. The number of aryl methyl sites for hydroxylation is 1. The molecule has 1 amide bonds. The third-order valence-electron chi connectivity index (χ3n) is 5.02. The molecule has 2 aromatic carbocycles. The smallest absolute Gasteiger partial charge is 0.252 e. The maximum atomic E-state index is 14.2. The molecule has 4 rings (SSSR count). The predicted molar refractivity (Wildman–Crippen MR) is 115 cm³/mol. The standard InChI is InChI=1S/C20H18ClFN2O3S2/c1-12-6-7-14(9-16(12)22)24-17-10-29(26,27)11-18(17)28-20(24)23-19(25)8-13-4-2-3-5-15(13)21/h2-7,9,17-18H,8,10-11H2,1H3/t17-,18-/m0/s1. The first-order valence-corrected chi connectivity index (χ1v) is 12.1. The molecular formula is C20H18ClFN2O3S2. The molecule has 0 aliphatic carbocycles. The molecule has 0 unspecified atom stereocenters. The molecule has 152 valence electrons. The number of rotatable bonds is 3. The number of thioether (sulfide) groups is 1. The minimum Gasteiger partial charge on any atom is -0.315 e. The van der Waals surface area contributed by atoms with Crippen LogP contribution in [-0.2, 0) is 21.1 Å². The van der Waals surface area contributed by atoms with Crippen molar-refractivity contribution >= 4 is 50.0 Å². The Kier molecular flexibility index (Phi) is 5.44. The lowest BCUT2D eigenvalue weighted by Crippen LogP contribution is -2.37. The third-order valence-corrected chi connectivity index (χ3v) is 8.60. The molecule has 2 aliphatic heterocycles. The van der Waals surface area contributed by atoms with E-state index in [1.807, 2.05) is 0 Å². The number of sulfone groups is 1. The molecule has 2 aromatic rings. The highest BCUT2D eigenvalue weighted by Gasteiger charge is 2.49. The zero-order chi connectivity index (χ0) is 20.8. The van der Waals surface area contributed by atoms with E-state index in [-0.39, 0.29) is 35.1 Å². The van der Waals surface area contributed by atoms with E-state index in [9.17, 15) is 17.6 Å². The first kappa shape index (κ1) is 20.4. The zero-order valence-corrected chi connectivity index (χ0v) is 17.9. The van der Waals surface area contributed by atoms with Gasteiger partial charge in [-0.25, -0.2) is 12.8 Å². The van der Waals surface area contributed by atoms with Crippen molar-refractivity contribution in [3.63, 3.8) is 0 Å². The van der Waals surface area contributed by atoms with E-state index < -0.39 is 15.7 Å². The molecule has 2 heterocycles. The van der Waals surface area contributed by atoms with Gasteiger partial charge in [0.25, 0.3) is 5.91 Å². The average molecular weight is 453 g/mol. The second kappa shape index (κ2) is 7.74. The van der Waals surface area contributed by atoms with E-state index in [0.29, 0.717) is 27.0 Å². The van der Waals surface area contributed by atoms with Crippen LogP contribution in [0.1, 0.15) is 11.1 Å². The lowest BCUT2D eigenvalue weighted by atomic mass is 10.1. The van der Waals surface area contributed by atoms with E-state index in [2.05, 4.69) is 4.99 Å². The number of carbonyl (C=O) groups is 1. The number of anilines is 1. The van der Waals surface area contributed by atoms with Crippen molar-refractivity contribution in [2.45, 2.75) is 24.6 Å². The lowest BCUT2D eigenvalue weighted by Gasteiger charge is -2.24. The number of hydrogen-bond donors (Lipinski definition) is 0. The van der Waals surface area contributed by atoms with Gasteiger partial charge in [-0.3, -0.25) is 4.79 Å². The average Bonchev–Trinajstić information content (AvgIpc) is 3.10. The molecule has 0 N–H and O–H groups in total. The van der Waals surface area contributed by atoms with Gasteiger partial charge in [-0.15, -0.1) is 0 Å². The van der Waals surface area contributed by atoms with Gasteiger partial charge in [0, 0.05) is 16.0 Å². The molecule has 0 bridgehead atoms. The molecule has 29 heavy (non-hydrogen) atoms. The van der Waals surface area contributed by atoms with Crippen molar-refractivity contribution in [1.82, 2.24) is 0 Å². The summed E-state index contributed by atoms with van der Waals surface area (Å²) < 4.78 is 38.4. The van der Waals surface area contributed by atoms with Crippen LogP contribution in [0, 0.1) is 12.7 Å². The Morgan fingerprint density at radius 2 is 2.03 bits per heavy atom. The number of aliphatic imine (C=N–C) groups is 1. The number of halogens is 2. The quantitative estimate of drug-likeness (QED) is 0.711. The van der Waals surface area contributed by atoms with Crippen molar-refractivity contribution < 1.29 is 17.6 Å². The fourth-order valence-corrected chi connectivity index (χ4v) is 7.68. The Hall–Kier alpha value is -1.90. The molecule has 5 nitrogen and oxygen atoms in total. The van der Waals surface area contributed by atoms with E-state index >= 15 is 0 Å². The van der Waals surface area contributed by atoms with Crippen LogP contribution in [0.25, 0.3) is 0 Å². The number of fused-ring (bicyclic) bond motifs is 1. The van der Waals surface area contributed by atoms with Crippen LogP contribution in [0.3, 0.4) is 0 Å². The molecule has 2 atom stereocenters.